The Hall–Kier alpha value is -1.73. The molecular formula is C16H16BrN3O2S. The number of aryl methyl sites for hydroxylation is 1. The number of aromatic nitrogens is 3. The smallest absolute Gasteiger partial charge is 0.306 e. The highest BCUT2D eigenvalue weighted by atomic mass is 79.9. The van der Waals surface area contributed by atoms with Crippen LogP contribution in [0.1, 0.15) is 36.6 Å². The summed E-state index contributed by atoms with van der Waals surface area (Å²) >= 11 is 5.08. The SMILES string of the molecule is CC(OC(=O)CCCc1cccs1)c1nc2ncc(Br)cc2[nH]1. The number of esters is 1. The molecule has 3 aromatic heterocycles. The summed E-state index contributed by atoms with van der Waals surface area (Å²) in [5.41, 5.74) is 1.43. The minimum absolute atomic E-state index is 0.205. The molecule has 3 rings (SSSR count). The molecule has 23 heavy (non-hydrogen) atoms. The molecule has 0 radical (unpaired) electrons. The van der Waals surface area contributed by atoms with Crippen molar-refractivity contribution in [3.63, 3.8) is 0 Å². The molecule has 5 nitrogen and oxygen atoms in total. The second-order valence-corrected chi connectivity index (χ2v) is 7.16. The van der Waals surface area contributed by atoms with Crippen molar-refractivity contribution in [2.45, 2.75) is 32.3 Å². The Bertz CT molecular complexity index is 801. The van der Waals surface area contributed by atoms with E-state index < -0.39 is 6.10 Å². The fourth-order valence-corrected chi connectivity index (χ4v) is 3.34. The Kier molecular flexibility index (Phi) is 5.07. The number of hydrogen-bond acceptors (Lipinski definition) is 5. The lowest BCUT2D eigenvalue weighted by Gasteiger charge is -2.10. The lowest BCUT2D eigenvalue weighted by Crippen LogP contribution is -2.10. The third-order valence-electron chi connectivity index (χ3n) is 3.40. The van der Waals surface area contributed by atoms with Gasteiger partial charge in [-0.05, 0) is 53.2 Å². The minimum atomic E-state index is -0.419. The summed E-state index contributed by atoms with van der Waals surface area (Å²) < 4.78 is 6.32. The molecule has 120 valence electrons. The van der Waals surface area contributed by atoms with E-state index in [1.165, 1.54) is 4.88 Å². The third-order valence-corrected chi connectivity index (χ3v) is 4.77. The highest BCUT2D eigenvalue weighted by molar-refractivity contribution is 9.10. The van der Waals surface area contributed by atoms with Crippen LogP contribution >= 0.6 is 27.3 Å². The highest BCUT2D eigenvalue weighted by Gasteiger charge is 2.16. The van der Waals surface area contributed by atoms with Crippen molar-refractivity contribution in [1.82, 2.24) is 15.0 Å². The molecule has 1 atom stereocenters. The molecule has 0 saturated heterocycles. The summed E-state index contributed by atoms with van der Waals surface area (Å²) in [6.07, 6.45) is 3.38. The number of halogens is 1. The van der Waals surface area contributed by atoms with E-state index in [0.29, 0.717) is 17.9 Å². The Balaban J connectivity index is 1.54. The summed E-state index contributed by atoms with van der Waals surface area (Å²) in [6.45, 7) is 1.81. The first kappa shape index (κ1) is 16.1. The molecule has 7 heteroatoms. The maximum absolute atomic E-state index is 11.9. The van der Waals surface area contributed by atoms with Crippen LogP contribution in [0, 0.1) is 0 Å². The van der Waals surface area contributed by atoms with E-state index >= 15 is 0 Å². The van der Waals surface area contributed by atoms with Crippen molar-refractivity contribution in [1.29, 1.82) is 0 Å². The van der Waals surface area contributed by atoms with Gasteiger partial charge in [-0.2, -0.15) is 0 Å². The van der Waals surface area contributed by atoms with Crippen LogP contribution in [-0.2, 0) is 16.0 Å². The zero-order valence-corrected chi connectivity index (χ0v) is 15.0. The number of aromatic amines is 1. The largest absolute Gasteiger partial charge is 0.454 e. The molecule has 0 spiro atoms. The van der Waals surface area contributed by atoms with E-state index in [1.54, 1.807) is 17.5 Å². The van der Waals surface area contributed by atoms with Gasteiger partial charge >= 0.3 is 5.97 Å². The lowest BCUT2D eigenvalue weighted by molar-refractivity contribution is -0.149. The molecule has 1 unspecified atom stereocenters. The molecule has 0 aromatic carbocycles. The average Bonchev–Trinajstić information content (AvgIpc) is 3.15. The Morgan fingerprint density at radius 2 is 2.39 bits per heavy atom. The zero-order chi connectivity index (χ0) is 16.2. The molecule has 3 heterocycles. The molecule has 0 aliphatic carbocycles. The monoisotopic (exact) mass is 393 g/mol. The van der Waals surface area contributed by atoms with Crippen LogP contribution in [0.4, 0.5) is 0 Å². The van der Waals surface area contributed by atoms with E-state index in [2.05, 4.69) is 36.9 Å². The molecule has 0 fully saturated rings. The maximum atomic E-state index is 11.9. The van der Waals surface area contributed by atoms with Crippen molar-refractivity contribution in [2.75, 3.05) is 0 Å². The predicted molar refractivity (Wildman–Crippen MR) is 93.4 cm³/mol. The van der Waals surface area contributed by atoms with Gasteiger partial charge in [-0.1, -0.05) is 6.07 Å². The summed E-state index contributed by atoms with van der Waals surface area (Å²) in [6, 6.07) is 6.00. The van der Waals surface area contributed by atoms with Crippen LogP contribution in [0.5, 0.6) is 0 Å². The number of pyridine rings is 1. The Labute approximate surface area is 146 Å². The first-order valence-electron chi connectivity index (χ1n) is 7.35. The van der Waals surface area contributed by atoms with E-state index in [9.17, 15) is 4.79 Å². The topological polar surface area (TPSA) is 67.9 Å². The maximum Gasteiger partial charge on any atom is 0.306 e. The molecule has 0 amide bonds. The predicted octanol–water partition coefficient (Wildman–Crippen LogP) is 4.41. The van der Waals surface area contributed by atoms with Crippen LogP contribution in [0.2, 0.25) is 0 Å². The summed E-state index contributed by atoms with van der Waals surface area (Å²) in [7, 11) is 0. The van der Waals surface area contributed by atoms with Crippen molar-refractivity contribution in [3.05, 3.63) is 45.0 Å². The van der Waals surface area contributed by atoms with Gasteiger partial charge in [0.25, 0.3) is 0 Å². The quantitative estimate of drug-likeness (QED) is 0.629. The van der Waals surface area contributed by atoms with E-state index in [1.807, 2.05) is 24.4 Å². The second-order valence-electron chi connectivity index (χ2n) is 5.21. The molecule has 1 N–H and O–H groups in total. The van der Waals surface area contributed by atoms with Gasteiger partial charge in [0.2, 0.25) is 0 Å². The fraction of sp³-hybridized carbons (Fsp3) is 0.312. The number of carbonyl (C=O) groups is 1. The van der Waals surface area contributed by atoms with Gasteiger partial charge in [-0.3, -0.25) is 4.79 Å². The van der Waals surface area contributed by atoms with Gasteiger partial charge in [0.05, 0.1) is 5.52 Å². The number of hydrogen-bond donors (Lipinski definition) is 1. The van der Waals surface area contributed by atoms with E-state index in [4.69, 9.17) is 4.74 Å². The van der Waals surface area contributed by atoms with Crippen molar-refractivity contribution < 1.29 is 9.53 Å². The third kappa shape index (κ3) is 4.17. The molecule has 0 bridgehead atoms. The molecule has 0 aliphatic heterocycles. The number of nitrogens with one attached hydrogen (secondary N) is 1. The van der Waals surface area contributed by atoms with Gasteiger partial charge in [-0.15, -0.1) is 11.3 Å². The average molecular weight is 394 g/mol. The van der Waals surface area contributed by atoms with Gasteiger partial charge in [-0.25, -0.2) is 9.97 Å². The van der Waals surface area contributed by atoms with Crippen LogP contribution in [-0.4, -0.2) is 20.9 Å². The second kappa shape index (κ2) is 7.23. The number of fused-ring (bicyclic) bond motifs is 1. The first-order valence-corrected chi connectivity index (χ1v) is 9.02. The van der Waals surface area contributed by atoms with Gasteiger partial charge < -0.3 is 9.72 Å². The van der Waals surface area contributed by atoms with Gasteiger partial charge in [0.1, 0.15) is 5.82 Å². The molecule has 0 aliphatic rings. The normalized spacial score (nSPS) is 12.4. The summed E-state index contributed by atoms with van der Waals surface area (Å²) in [5, 5.41) is 2.05. The Morgan fingerprint density at radius 1 is 1.52 bits per heavy atom. The number of H-pyrrole nitrogens is 1. The Morgan fingerprint density at radius 3 is 3.17 bits per heavy atom. The van der Waals surface area contributed by atoms with Crippen LogP contribution in [0.25, 0.3) is 11.2 Å². The van der Waals surface area contributed by atoms with Crippen LogP contribution < -0.4 is 0 Å². The number of ether oxygens (including phenoxy) is 1. The van der Waals surface area contributed by atoms with Crippen molar-refractivity contribution in [3.8, 4) is 0 Å². The number of thiophene rings is 1. The first-order chi connectivity index (χ1) is 11.1. The number of carbonyl (C=O) groups excluding carboxylic acids is 1. The highest BCUT2D eigenvalue weighted by Crippen LogP contribution is 2.20. The number of imidazole rings is 1. The van der Waals surface area contributed by atoms with E-state index in [0.717, 1.165) is 22.8 Å². The molecule has 3 aromatic rings. The number of rotatable bonds is 6. The standard InChI is InChI=1S/C16H16BrN3O2S/c1-10(15-19-13-8-11(17)9-18-16(13)20-15)22-14(21)6-2-4-12-5-3-7-23-12/h3,5,7-10H,2,4,6H2,1H3,(H,18,19,20). The summed E-state index contributed by atoms with van der Waals surface area (Å²) in [5.74, 6) is 0.404. The van der Waals surface area contributed by atoms with E-state index in [-0.39, 0.29) is 5.97 Å². The molecular weight excluding hydrogens is 378 g/mol. The zero-order valence-electron chi connectivity index (χ0n) is 12.6. The van der Waals surface area contributed by atoms with Gasteiger partial charge in [0, 0.05) is 22.0 Å². The lowest BCUT2D eigenvalue weighted by atomic mass is 10.2. The molecule has 0 saturated carbocycles. The number of nitrogens with zero attached hydrogens (tertiary/aromatic N) is 2. The van der Waals surface area contributed by atoms with Crippen molar-refractivity contribution >= 4 is 44.4 Å². The van der Waals surface area contributed by atoms with Crippen molar-refractivity contribution in [2.24, 2.45) is 0 Å². The van der Waals surface area contributed by atoms with Gasteiger partial charge in [0.15, 0.2) is 11.8 Å². The minimum Gasteiger partial charge on any atom is -0.454 e. The summed E-state index contributed by atoms with van der Waals surface area (Å²) in [4.78, 5) is 25.0. The van der Waals surface area contributed by atoms with Crippen LogP contribution in [0.3, 0.4) is 0 Å². The van der Waals surface area contributed by atoms with Crippen LogP contribution in [0.15, 0.2) is 34.2 Å². The fourth-order valence-electron chi connectivity index (χ4n) is 2.26.